The van der Waals surface area contributed by atoms with Gasteiger partial charge in [-0.05, 0) is 50.6 Å². The summed E-state index contributed by atoms with van der Waals surface area (Å²) in [5.74, 6) is 0.663. The number of nitrogens with one attached hydrogen (secondary N) is 1. The van der Waals surface area contributed by atoms with Crippen LogP contribution in [0.2, 0.25) is 0 Å². The van der Waals surface area contributed by atoms with Gasteiger partial charge in [0, 0.05) is 26.4 Å². The fraction of sp³-hybridized carbons (Fsp3) is 0.308. The predicted octanol–water partition coefficient (Wildman–Crippen LogP) is 3.46. The van der Waals surface area contributed by atoms with E-state index < -0.39 is 0 Å². The number of aryl methyl sites for hydroxylation is 3. The molecule has 176 valence electrons. The van der Waals surface area contributed by atoms with Gasteiger partial charge in [-0.2, -0.15) is 5.10 Å². The lowest BCUT2D eigenvalue weighted by molar-refractivity contribution is -0.121. The van der Waals surface area contributed by atoms with Crippen LogP contribution in [0.4, 0.5) is 0 Å². The average Bonchev–Trinajstić information content (AvgIpc) is 3.16. The van der Waals surface area contributed by atoms with Crippen LogP contribution in [0.5, 0.6) is 5.75 Å². The Balaban J connectivity index is 1.44. The quantitative estimate of drug-likeness (QED) is 0.436. The standard InChI is InChI=1S/C26H29N5O3/c1-17(2)34-21-12-10-19(11-13-21)16-27-23(32)15-14-22-26(33)30(4)25-24(28-22)18(3)29-31(25)20-8-6-5-7-9-20/h5-13,17H,14-16H2,1-4H3,(H,27,32). The second-order valence-corrected chi connectivity index (χ2v) is 8.51. The summed E-state index contributed by atoms with van der Waals surface area (Å²) >= 11 is 0. The van der Waals surface area contributed by atoms with Gasteiger partial charge in [0.15, 0.2) is 5.65 Å². The van der Waals surface area contributed by atoms with Gasteiger partial charge in [-0.1, -0.05) is 30.3 Å². The van der Waals surface area contributed by atoms with Crippen molar-refractivity contribution in [2.45, 2.75) is 46.3 Å². The summed E-state index contributed by atoms with van der Waals surface area (Å²) in [5, 5.41) is 7.49. The van der Waals surface area contributed by atoms with Crippen molar-refractivity contribution in [3.05, 3.63) is 81.9 Å². The van der Waals surface area contributed by atoms with Crippen molar-refractivity contribution in [3.8, 4) is 11.4 Å². The molecule has 0 spiro atoms. The van der Waals surface area contributed by atoms with Crippen molar-refractivity contribution in [1.82, 2.24) is 24.6 Å². The lowest BCUT2D eigenvalue weighted by Gasteiger charge is -2.11. The van der Waals surface area contributed by atoms with Crippen LogP contribution in [0, 0.1) is 6.92 Å². The maximum Gasteiger partial charge on any atom is 0.273 e. The molecule has 0 aliphatic rings. The number of carbonyl (C=O) groups is 1. The summed E-state index contributed by atoms with van der Waals surface area (Å²) in [5.41, 5.74) is 3.98. The minimum Gasteiger partial charge on any atom is -0.491 e. The summed E-state index contributed by atoms with van der Waals surface area (Å²) in [6, 6.07) is 17.3. The summed E-state index contributed by atoms with van der Waals surface area (Å²) < 4.78 is 8.92. The first kappa shape index (κ1) is 23.2. The van der Waals surface area contributed by atoms with Crippen LogP contribution in [-0.4, -0.2) is 31.3 Å². The number of nitrogens with zero attached hydrogens (tertiary/aromatic N) is 4. The molecule has 0 radical (unpaired) electrons. The van der Waals surface area contributed by atoms with E-state index in [0.29, 0.717) is 23.4 Å². The van der Waals surface area contributed by atoms with E-state index in [0.717, 1.165) is 22.7 Å². The molecule has 1 amide bonds. The Morgan fingerprint density at radius 2 is 1.79 bits per heavy atom. The second-order valence-electron chi connectivity index (χ2n) is 8.51. The third kappa shape index (κ3) is 5.01. The van der Waals surface area contributed by atoms with Gasteiger partial charge in [0.2, 0.25) is 5.91 Å². The highest BCUT2D eigenvalue weighted by Gasteiger charge is 2.18. The largest absolute Gasteiger partial charge is 0.491 e. The van der Waals surface area contributed by atoms with Crippen LogP contribution in [0.3, 0.4) is 0 Å². The van der Waals surface area contributed by atoms with E-state index in [2.05, 4.69) is 15.4 Å². The minimum atomic E-state index is -0.224. The third-order valence-electron chi connectivity index (χ3n) is 5.50. The molecular formula is C26H29N5O3. The minimum absolute atomic E-state index is 0.113. The van der Waals surface area contributed by atoms with E-state index in [9.17, 15) is 9.59 Å². The zero-order valence-corrected chi connectivity index (χ0v) is 19.9. The average molecular weight is 460 g/mol. The summed E-state index contributed by atoms with van der Waals surface area (Å²) in [7, 11) is 1.71. The molecule has 8 nitrogen and oxygen atoms in total. The number of benzene rings is 2. The van der Waals surface area contributed by atoms with Crippen LogP contribution in [-0.2, 0) is 24.8 Å². The van der Waals surface area contributed by atoms with Crippen molar-refractivity contribution in [1.29, 1.82) is 0 Å². The van der Waals surface area contributed by atoms with Crippen molar-refractivity contribution in [2.24, 2.45) is 7.05 Å². The van der Waals surface area contributed by atoms with Crippen LogP contribution in [0.1, 0.15) is 37.2 Å². The molecule has 1 N–H and O–H groups in total. The van der Waals surface area contributed by atoms with Gasteiger partial charge in [-0.25, -0.2) is 9.67 Å². The van der Waals surface area contributed by atoms with Crippen molar-refractivity contribution in [2.75, 3.05) is 0 Å². The molecule has 4 rings (SSSR count). The Hall–Kier alpha value is -3.94. The molecule has 0 aliphatic carbocycles. The molecule has 0 aliphatic heterocycles. The first-order valence-electron chi connectivity index (χ1n) is 11.4. The first-order valence-corrected chi connectivity index (χ1v) is 11.4. The van der Waals surface area contributed by atoms with Gasteiger partial charge in [-0.15, -0.1) is 0 Å². The predicted molar refractivity (Wildman–Crippen MR) is 131 cm³/mol. The van der Waals surface area contributed by atoms with E-state index in [1.54, 1.807) is 16.3 Å². The van der Waals surface area contributed by atoms with E-state index in [1.807, 2.05) is 75.4 Å². The Labute approximate surface area is 198 Å². The number of rotatable bonds is 8. The van der Waals surface area contributed by atoms with Crippen LogP contribution < -0.4 is 15.6 Å². The van der Waals surface area contributed by atoms with Gasteiger partial charge in [0.25, 0.3) is 5.56 Å². The number of hydrogen-bond donors (Lipinski definition) is 1. The third-order valence-corrected chi connectivity index (χ3v) is 5.50. The molecular weight excluding hydrogens is 430 g/mol. The number of aromatic nitrogens is 4. The van der Waals surface area contributed by atoms with Gasteiger partial charge in [0.1, 0.15) is 17.0 Å². The van der Waals surface area contributed by atoms with Gasteiger partial charge < -0.3 is 10.1 Å². The maximum atomic E-state index is 13.0. The van der Waals surface area contributed by atoms with Crippen LogP contribution in [0.25, 0.3) is 16.9 Å². The molecule has 0 saturated carbocycles. The van der Waals surface area contributed by atoms with E-state index in [1.165, 1.54) is 0 Å². The number of fused-ring (bicyclic) bond motifs is 1. The number of ether oxygens (including phenoxy) is 1. The SMILES string of the molecule is Cc1nn(-c2ccccc2)c2c1nc(CCC(=O)NCc1ccc(OC(C)C)cc1)c(=O)n2C. The zero-order chi connectivity index (χ0) is 24.2. The van der Waals surface area contributed by atoms with Crippen molar-refractivity contribution >= 4 is 17.1 Å². The molecule has 0 bridgehead atoms. The Bertz CT molecular complexity index is 1360. The van der Waals surface area contributed by atoms with Crippen molar-refractivity contribution < 1.29 is 9.53 Å². The highest BCUT2D eigenvalue weighted by molar-refractivity contribution is 5.77. The highest BCUT2D eigenvalue weighted by atomic mass is 16.5. The molecule has 2 aromatic carbocycles. The van der Waals surface area contributed by atoms with Crippen LogP contribution >= 0.6 is 0 Å². The lowest BCUT2D eigenvalue weighted by Crippen LogP contribution is -2.27. The maximum absolute atomic E-state index is 13.0. The number of carbonyl (C=O) groups excluding carboxylic acids is 1. The monoisotopic (exact) mass is 459 g/mol. The summed E-state index contributed by atoms with van der Waals surface area (Å²) in [6.45, 7) is 6.23. The fourth-order valence-corrected chi connectivity index (χ4v) is 3.80. The summed E-state index contributed by atoms with van der Waals surface area (Å²) in [4.78, 5) is 30.0. The fourth-order valence-electron chi connectivity index (χ4n) is 3.80. The number of hydrogen-bond acceptors (Lipinski definition) is 5. The normalized spacial score (nSPS) is 11.2. The molecule has 4 aromatic rings. The Kier molecular flexibility index (Phi) is 6.77. The van der Waals surface area contributed by atoms with E-state index in [4.69, 9.17) is 4.74 Å². The van der Waals surface area contributed by atoms with Gasteiger partial charge >= 0.3 is 0 Å². The molecule has 2 heterocycles. The van der Waals surface area contributed by atoms with E-state index in [-0.39, 0.29) is 30.4 Å². The molecule has 0 fully saturated rings. The molecule has 2 aromatic heterocycles. The lowest BCUT2D eigenvalue weighted by atomic mass is 10.2. The molecule has 8 heteroatoms. The van der Waals surface area contributed by atoms with E-state index >= 15 is 0 Å². The topological polar surface area (TPSA) is 91.0 Å². The molecule has 0 unspecified atom stereocenters. The molecule has 34 heavy (non-hydrogen) atoms. The number of amides is 1. The highest BCUT2D eigenvalue weighted by Crippen LogP contribution is 2.19. The smallest absolute Gasteiger partial charge is 0.273 e. The zero-order valence-electron chi connectivity index (χ0n) is 19.9. The van der Waals surface area contributed by atoms with Crippen molar-refractivity contribution in [3.63, 3.8) is 0 Å². The molecule has 0 atom stereocenters. The Morgan fingerprint density at radius 3 is 2.47 bits per heavy atom. The van der Waals surface area contributed by atoms with Gasteiger partial charge in [0.05, 0.1) is 17.5 Å². The van der Waals surface area contributed by atoms with Gasteiger partial charge in [-0.3, -0.25) is 14.2 Å². The van der Waals surface area contributed by atoms with Crippen LogP contribution in [0.15, 0.2) is 59.4 Å². The first-order chi connectivity index (χ1) is 16.3. The second kappa shape index (κ2) is 9.91. The summed E-state index contributed by atoms with van der Waals surface area (Å²) in [6.07, 6.45) is 0.544. The number of para-hydroxylation sites is 1. The molecule has 0 saturated heterocycles. The Morgan fingerprint density at radius 1 is 1.09 bits per heavy atom.